The number of aromatic nitrogens is 2. The highest BCUT2D eigenvalue weighted by Crippen LogP contribution is 2.38. The number of rotatable bonds is 4. The lowest BCUT2D eigenvalue weighted by atomic mass is 10.2. The summed E-state index contributed by atoms with van der Waals surface area (Å²) in [6, 6.07) is 8.04. The second kappa shape index (κ2) is 4.72. The predicted molar refractivity (Wildman–Crippen MR) is 72.5 cm³/mol. The van der Waals surface area contributed by atoms with Gasteiger partial charge in [-0.2, -0.15) is 4.98 Å². The van der Waals surface area contributed by atoms with Crippen LogP contribution in [0.25, 0.3) is 0 Å². The molecule has 0 amide bonds. The van der Waals surface area contributed by atoms with Crippen LogP contribution in [-0.4, -0.2) is 10.1 Å². The van der Waals surface area contributed by atoms with Crippen LogP contribution >= 0.6 is 15.9 Å². The van der Waals surface area contributed by atoms with Crippen LogP contribution in [0.5, 0.6) is 0 Å². The zero-order valence-electron chi connectivity index (χ0n) is 10.1. The van der Waals surface area contributed by atoms with E-state index in [2.05, 4.69) is 31.4 Å². The molecule has 1 aliphatic rings. The average Bonchev–Trinajstić information content (AvgIpc) is 3.10. The van der Waals surface area contributed by atoms with E-state index in [0.29, 0.717) is 11.8 Å². The van der Waals surface area contributed by atoms with Gasteiger partial charge in [-0.3, -0.25) is 0 Å². The molecule has 1 aromatic carbocycles. The first-order chi connectivity index (χ1) is 8.72. The van der Waals surface area contributed by atoms with Gasteiger partial charge in [0.1, 0.15) is 6.04 Å². The van der Waals surface area contributed by atoms with E-state index in [0.717, 1.165) is 16.0 Å². The maximum Gasteiger partial charge on any atom is 0.248 e. The quantitative estimate of drug-likeness (QED) is 0.931. The van der Waals surface area contributed by atoms with Gasteiger partial charge in [-0.25, -0.2) is 0 Å². The van der Waals surface area contributed by atoms with Crippen molar-refractivity contribution in [3.8, 4) is 0 Å². The monoisotopic (exact) mass is 307 g/mol. The average molecular weight is 308 g/mol. The minimum atomic E-state index is 0.0196. The Morgan fingerprint density at radius 2 is 2.06 bits per heavy atom. The molecular weight excluding hydrogens is 294 g/mol. The molecule has 1 fully saturated rings. The summed E-state index contributed by atoms with van der Waals surface area (Å²) in [7, 11) is 0. The Balaban J connectivity index is 1.69. The topological polar surface area (TPSA) is 51.0 Å². The summed E-state index contributed by atoms with van der Waals surface area (Å²) in [5, 5.41) is 7.36. The van der Waals surface area contributed by atoms with Gasteiger partial charge in [-0.15, -0.1) is 0 Å². The van der Waals surface area contributed by atoms with Gasteiger partial charge >= 0.3 is 0 Å². The first kappa shape index (κ1) is 11.7. The Labute approximate surface area is 114 Å². The Bertz CT molecular complexity index is 533. The number of hydrogen-bond donors (Lipinski definition) is 1. The van der Waals surface area contributed by atoms with Gasteiger partial charge in [-0.1, -0.05) is 21.1 Å². The molecule has 1 unspecified atom stereocenters. The molecule has 1 heterocycles. The Morgan fingerprint density at radius 1 is 1.33 bits per heavy atom. The summed E-state index contributed by atoms with van der Waals surface area (Å²) in [6.07, 6.45) is 2.38. The van der Waals surface area contributed by atoms with Crippen molar-refractivity contribution in [2.75, 3.05) is 5.32 Å². The molecule has 1 aromatic heterocycles. The molecule has 0 spiro atoms. The Morgan fingerprint density at radius 3 is 2.72 bits per heavy atom. The fraction of sp³-hybridized carbons (Fsp3) is 0.385. The predicted octanol–water partition coefficient (Wildman–Crippen LogP) is 3.88. The van der Waals surface area contributed by atoms with Crippen molar-refractivity contribution in [2.45, 2.75) is 31.7 Å². The molecule has 3 rings (SSSR count). The molecular formula is C13H14BrN3O. The highest BCUT2D eigenvalue weighted by atomic mass is 79.9. The van der Waals surface area contributed by atoms with Gasteiger partial charge < -0.3 is 9.84 Å². The lowest BCUT2D eigenvalue weighted by Crippen LogP contribution is -2.06. The van der Waals surface area contributed by atoms with Gasteiger partial charge in [0.2, 0.25) is 5.89 Å². The van der Waals surface area contributed by atoms with E-state index in [1.54, 1.807) is 0 Å². The third-order valence-corrected chi connectivity index (χ3v) is 3.53. The highest BCUT2D eigenvalue weighted by Gasteiger charge is 2.29. The van der Waals surface area contributed by atoms with Crippen LogP contribution in [0.15, 0.2) is 33.3 Å². The van der Waals surface area contributed by atoms with Crippen molar-refractivity contribution in [1.82, 2.24) is 10.1 Å². The standard InChI is InChI=1S/C13H14BrN3O/c1-8(15-11-6-4-10(14)5-7-11)13-16-12(17-18-13)9-2-3-9/h4-9,15H,2-3H2,1H3. The van der Waals surface area contributed by atoms with E-state index < -0.39 is 0 Å². The zero-order valence-corrected chi connectivity index (χ0v) is 11.6. The normalized spacial score (nSPS) is 16.6. The molecule has 5 heteroatoms. The minimum Gasteiger partial charge on any atom is -0.374 e. The molecule has 0 bridgehead atoms. The van der Waals surface area contributed by atoms with Crippen LogP contribution < -0.4 is 5.32 Å². The maximum absolute atomic E-state index is 5.29. The molecule has 1 aliphatic carbocycles. The maximum atomic E-state index is 5.29. The van der Waals surface area contributed by atoms with E-state index in [1.165, 1.54) is 12.8 Å². The third kappa shape index (κ3) is 2.56. The van der Waals surface area contributed by atoms with Crippen LogP contribution in [-0.2, 0) is 0 Å². The molecule has 4 nitrogen and oxygen atoms in total. The fourth-order valence-electron chi connectivity index (χ4n) is 1.79. The highest BCUT2D eigenvalue weighted by molar-refractivity contribution is 9.10. The molecule has 0 aliphatic heterocycles. The van der Waals surface area contributed by atoms with Crippen molar-refractivity contribution < 1.29 is 4.52 Å². The van der Waals surface area contributed by atoms with E-state index in [-0.39, 0.29) is 6.04 Å². The number of halogens is 1. The van der Waals surface area contributed by atoms with Crippen molar-refractivity contribution >= 4 is 21.6 Å². The third-order valence-electron chi connectivity index (χ3n) is 3.00. The van der Waals surface area contributed by atoms with Gasteiger partial charge in [0.05, 0.1) is 0 Å². The van der Waals surface area contributed by atoms with Crippen molar-refractivity contribution in [2.24, 2.45) is 0 Å². The SMILES string of the molecule is CC(Nc1ccc(Br)cc1)c1nc(C2CC2)no1. The van der Waals surface area contributed by atoms with Gasteiger partial charge in [0.25, 0.3) is 0 Å². The summed E-state index contributed by atoms with van der Waals surface area (Å²) in [5.41, 5.74) is 1.04. The summed E-state index contributed by atoms with van der Waals surface area (Å²) < 4.78 is 6.36. The fourth-order valence-corrected chi connectivity index (χ4v) is 2.05. The van der Waals surface area contributed by atoms with Crippen LogP contribution in [0.2, 0.25) is 0 Å². The first-order valence-corrected chi connectivity index (χ1v) is 6.87. The second-order valence-electron chi connectivity index (χ2n) is 4.64. The number of nitrogens with one attached hydrogen (secondary N) is 1. The molecule has 0 saturated heterocycles. The van der Waals surface area contributed by atoms with Crippen molar-refractivity contribution in [3.63, 3.8) is 0 Å². The first-order valence-electron chi connectivity index (χ1n) is 6.08. The van der Waals surface area contributed by atoms with E-state index in [4.69, 9.17) is 4.52 Å². The van der Waals surface area contributed by atoms with Crippen LogP contribution in [0.1, 0.15) is 43.4 Å². The minimum absolute atomic E-state index is 0.0196. The van der Waals surface area contributed by atoms with Crippen LogP contribution in [0.3, 0.4) is 0 Å². The van der Waals surface area contributed by atoms with Gasteiger partial charge in [0, 0.05) is 16.1 Å². The van der Waals surface area contributed by atoms with Crippen molar-refractivity contribution in [3.05, 3.63) is 40.5 Å². The smallest absolute Gasteiger partial charge is 0.248 e. The molecule has 94 valence electrons. The van der Waals surface area contributed by atoms with E-state index >= 15 is 0 Å². The van der Waals surface area contributed by atoms with Gasteiger partial charge in [0.15, 0.2) is 5.82 Å². The lowest BCUT2D eigenvalue weighted by molar-refractivity contribution is 0.363. The number of anilines is 1. The second-order valence-corrected chi connectivity index (χ2v) is 5.55. The lowest BCUT2D eigenvalue weighted by Gasteiger charge is -2.10. The van der Waals surface area contributed by atoms with Crippen molar-refractivity contribution in [1.29, 1.82) is 0 Å². The molecule has 18 heavy (non-hydrogen) atoms. The van der Waals surface area contributed by atoms with E-state index in [9.17, 15) is 0 Å². The molecule has 0 radical (unpaired) electrons. The number of nitrogens with zero attached hydrogens (tertiary/aromatic N) is 2. The largest absolute Gasteiger partial charge is 0.374 e. The molecule has 1 N–H and O–H groups in total. The molecule has 1 atom stereocenters. The molecule has 1 saturated carbocycles. The zero-order chi connectivity index (χ0) is 12.5. The Hall–Kier alpha value is -1.36. The summed E-state index contributed by atoms with van der Waals surface area (Å²) >= 11 is 3.41. The van der Waals surface area contributed by atoms with Crippen LogP contribution in [0.4, 0.5) is 5.69 Å². The summed E-state index contributed by atoms with van der Waals surface area (Å²) in [4.78, 5) is 4.44. The number of hydrogen-bond acceptors (Lipinski definition) is 4. The number of benzene rings is 1. The van der Waals surface area contributed by atoms with E-state index in [1.807, 2.05) is 31.2 Å². The summed E-state index contributed by atoms with van der Waals surface area (Å²) in [5.74, 6) is 2.04. The summed E-state index contributed by atoms with van der Waals surface area (Å²) in [6.45, 7) is 2.02. The Kier molecular flexibility index (Phi) is 3.07. The molecule has 2 aromatic rings. The van der Waals surface area contributed by atoms with Gasteiger partial charge in [-0.05, 0) is 44.0 Å². The van der Waals surface area contributed by atoms with Crippen LogP contribution in [0, 0.1) is 0 Å².